The van der Waals surface area contributed by atoms with Crippen LogP contribution in [-0.4, -0.2) is 54.3 Å². The lowest BCUT2D eigenvalue weighted by molar-refractivity contribution is 0.0106. The monoisotopic (exact) mass is 338 g/mol. The normalized spacial score (nSPS) is 25.0. The molecule has 4 heterocycles. The van der Waals surface area contributed by atoms with Crippen molar-refractivity contribution < 1.29 is 4.74 Å². The molecule has 0 radical (unpaired) electrons. The Morgan fingerprint density at radius 1 is 1.08 bits per heavy atom. The van der Waals surface area contributed by atoms with Crippen molar-refractivity contribution in [2.45, 2.75) is 19.4 Å². The van der Waals surface area contributed by atoms with Crippen molar-refractivity contribution in [3.8, 4) is 0 Å². The van der Waals surface area contributed by atoms with E-state index in [4.69, 9.17) is 4.74 Å². The van der Waals surface area contributed by atoms with E-state index in [-0.39, 0.29) is 5.41 Å². The maximum atomic E-state index is 6.03. The predicted octanol–water partition coefficient (Wildman–Crippen LogP) is 2.60. The standard InChI is InChI=1S/C20H26N4O/c1-2-9-22-19(6-1)24-11-12-25-17-20(16-24)7-4-10-23(15-20)14-18-5-3-8-21-13-18/h1-3,5-6,8-9,13H,4,7,10-12,14-17H2. The van der Waals surface area contributed by atoms with Crippen LogP contribution >= 0.6 is 0 Å². The van der Waals surface area contributed by atoms with Crippen LogP contribution in [0.1, 0.15) is 18.4 Å². The molecule has 0 saturated carbocycles. The zero-order valence-electron chi connectivity index (χ0n) is 14.7. The molecule has 2 aromatic heterocycles. The van der Waals surface area contributed by atoms with Gasteiger partial charge in [0.05, 0.1) is 13.2 Å². The first-order chi connectivity index (χ1) is 12.3. The highest BCUT2D eigenvalue weighted by Crippen LogP contribution is 2.34. The number of ether oxygens (including phenoxy) is 1. The molecule has 5 heteroatoms. The zero-order chi connectivity index (χ0) is 17.0. The lowest BCUT2D eigenvalue weighted by Crippen LogP contribution is -2.50. The number of hydrogen-bond donors (Lipinski definition) is 0. The first-order valence-electron chi connectivity index (χ1n) is 9.18. The molecule has 2 aliphatic heterocycles. The summed E-state index contributed by atoms with van der Waals surface area (Å²) in [5.74, 6) is 1.07. The van der Waals surface area contributed by atoms with Gasteiger partial charge in [-0.05, 0) is 43.1 Å². The Hall–Kier alpha value is -1.98. The quantitative estimate of drug-likeness (QED) is 0.860. The van der Waals surface area contributed by atoms with Crippen molar-refractivity contribution in [1.29, 1.82) is 0 Å². The minimum Gasteiger partial charge on any atom is -0.379 e. The third-order valence-corrected chi connectivity index (χ3v) is 5.28. The Kier molecular flexibility index (Phi) is 4.95. The number of nitrogens with zero attached hydrogens (tertiary/aromatic N) is 4. The molecule has 1 unspecified atom stereocenters. The van der Waals surface area contributed by atoms with Crippen molar-refractivity contribution in [3.05, 3.63) is 54.5 Å². The Balaban J connectivity index is 1.49. The first-order valence-corrected chi connectivity index (χ1v) is 9.18. The fourth-order valence-electron chi connectivity index (χ4n) is 4.17. The van der Waals surface area contributed by atoms with Gasteiger partial charge in [0.15, 0.2) is 0 Å². The fraction of sp³-hybridized carbons (Fsp3) is 0.500. The molecule has 1 atom stereocenters. The van der Waals surface area contributed by atoms with Gasteiger partial charge in [0.25, 0.3) is 0 Å². The summed E-state index contributed by atoms with van der Waals surface area (Å²) in [6.45, 7) is 6.76. The average molecular weight is 338 g/mol. The van der Waals surface area contributed by atoms with E-state index in [0.717, 1.165) is 51.8 Å². The van der Waals surface area contributed by atoms with Gasteiger partial charge < -0.3 is 9.64 Å². The van der Waals surface area contributed by atoms with E-state index < -0.39 is 0 Å². The summed E-state index contributed by atoms with van der Waals surface area (Å²) in [7, 11) is 0. The summed E-state index contributed by atoms with van der Waals surface area (Å²) in [4.78, 5) is 13.8. The lowest BCUT2D eigenvalue weighted by Gasteiger charge is -2.43. The number of piperidine rings is 1. The smallest absolute Gasteiger partial charge is 0.128 e. The van der Waals surface area contributed by atoms with Gasteiger partial charge in [0.1, 0.15) is 5.82 Å². The van der Waals surface area contributed by atoms with Crippen LogP contribution in [0.2, 0.25) is 0 Å². The SMILES string of the molecule is c1ccc(N2CCOCC3(CCCN(Cc4cccnc4)C3)C2)nc1. The number of likely N-dealkylation sites (tertiary alicyclic amines) is 1. The summed E-state index contributed by atoms with van der Waals surface area (Å²) < 4.78 is 6.03. The molecule has 5 nitrogen and oxygen atoms in total. The van der Waals surface area contributed by atoms with Crippen molar-refractivity contribution in [2.75, 3.05) is 44.3 Å². The fourth-order valence-corrected chi connectivity index (χ4v) is 4.17. The van der Waals surface area contributed by atoms with Crippen LogP contribution in [0.3, 0.4) is 0 Å². The van der Waals surface area contributed by atoms with Gasteiger partial charge in [-0.3, -0.25) is 9.88 Å². The van der Waals surface area contributed by atoms with Crippen molar-refractivity contribution in [1.82, 2.24) is 14.9 Å². The lowest BCUT2D eigenvalue weighted by atomic mass is 9.80. The molecule has 0 aliphatic carbocycles. The number of anilines is 1. The molecule has 0 bridgehead atoms. The maximum Gasteiger partial charge on any atom is 0.128 e. The van der Waals surface area contributed by atoms with E-state index in [0.29, 0.717) is 0 Å². The summed E-state index contributed by atoms with van der Waals surface area (Å²) in [5.41, 5.74) is 1.48. The van der Waals surface area contributed by atoms with E-state index in [9.17, 15) is 0 Å². The Bertz CT molecular complexity index is 666. The number of pyridine rings is 2. The molecule has 1 spiro atoms. The molecule has 2 fully saturated rings. The van der Waals surface area contributed by atoms with E-state index in [1.165, 1.54) is 18.4 Å². The van der Waals surface area contributed by atoms with Crippen LogP contribution in [-0.2, 0) is 11.3 Å². The molecule has 0 N–H and O–H groups in total. The van der Waals surface area contributed by atoms with E-state index in [1.54, 1.807) is 0 Å². The Labute approximate surface area is 149 Å². The molecule has 2 saturated heterocycles. The van der Waals surface area contributed by atoms with Crippen molar-refractivity contribution >= 4 is 5.82 Å². The van der Waals surface area contributed by atoms with Crippen molar-refractivity contribution in [2.24, 2.45) is 5.41 Å². The van der Waals surface area contributed by atoms with Gasteiger partial charge in [0, 0.05) is 50.2 Å². The number of aromatic nitrogens is 2. The topological polar surface area (TPSA) is 41.5 Å². The summed E-state index contributed by atoms with van der Waals surface area (Å²) in [5, 5.41) is 0. The van der Waals surface area contributed by atoms with Gasteiger partial charge in [-0.15, -0.1) is 0 Å². The molecule has 132 valence electrons. The molecular weight excluding hydrogens is 312 g/mol. The van der Waals surface area contributed by atoms with Gasteiger partial charge in [-0.2, -0.15) is 0 Å². The van der Waals surface area contributed by atoms with E-state index >= 15 is 0 Å². The van der Waals surface area contributed by atoms with Gasteiger partial charge in [-0.25, -0.2) is 4.98 Å². The Morgan fingerprint density at radius 2 is 2.08 bits per heavy atom. The van der Waals surface area contributed by atoms with Crippen LogP contribution in [0, 0.1) is 5.41 Å². The molecule has 2 aromatic rings. The Morgan fingerprint density at radius 3 is 2.92 bits per heavy atom. The molecule has 2 aliphatic rings. The summed E-state index contributed by atoms with van der Waals surface area (Å²) in [6, 6.07) is 10.3. The van der Waals surface area contributed by atoms with Crippen LogP contribution in [0.25, 0.3) is 0 Å². The van der Waals surface area contributed by atoms with Gasteiger partial charge >= 0.3 is 0 Å². The minimum absolute atomic E-state index is 0.189. The van der Waals surface area contributed by atoms with Crippen LogP contribution in [0.5, 0.6) is 0 Å². The summed E-state index contributed by atoms with van der Waals surface area (Å²) >= 11 is 0. The molecular formula is C20H26N4O. The molecule has 0 aromatic carbocycles. The van der Waals surface area contributed by atoms with Crippen LogP contribution < -0.4 is 4.90 Å². The average Bonchev–Trinajstić information content (AvgIpc) is 2.86. The van der Waals surface area contributed by atoms with Crippen LogP contribution in [0.4, 0.5) is 5.82 Å². The minimum atomic E-state index is 0.189. The van der Waals surface area contributed by atoms with Gasteiger partial charge in [-0.1, -0.05) is 12.1 Å². The second-order valence-electron chi connectivity index (χ2n) is 7.34. The van der Waals surface area contributed by atoms with Crippen LogP contribution in [0.15, 0.2) is 48.9 Å². The van der Waals surface area contributed by atoms with Crippen molar-refractivity contribution in [3.63, 3.8) is 0 Å². The first kappa shape index (κ1) is 16.5. The second-order valence-corrected chi connectivity index (χ2v) is 7.34. The van der Waals surface area contributed by atoms with E-state index in [2.05, 4.69) is 38.0 Å². The second kappa shape index (κ2) is 7.50. The third kappa shape index (κ3) is 3.99. The summed E-state index contributed by atoms with van der Waals surface area (Å²) in [6.07, 6.45) is 8.14. The maximum absolute atomic E-state index is 6.03. The zero-order valence-corrected chi connectivity index (χ0v) is 14.7. The molecule has 25 heavy (non-hydrogen) atoms. The highest BCUT2D eigenvalue weighted by Gasteiger charge is 2.39. The number of rotatable bonds is 3. The largest absolute Gasteiger partial charge is 0.379 e. The third-order valence-electron chi connectivity index (χ3n) is 5.28. The molecule has 0 amide bonds. The predicted molar refractivity (Wildman–Crippen MR) is 98.5 cm³/mol. The highest BCUT2D eigenvalue weighted by atomic mass is 16.5. The highest BCUT2D eigenvalue weighted by molar-refractivity contribution is 5.38. The molecule has 4 rings (SSSR count). The van der Waals surface area contributed by atoms with E-state index in [1.807, 2.05) is 30.7 Å². The number of hydrogen-bond acceptors (Lipinski definition) is 5. The van der Waals surface area contributed by atoms with Gasteiger partial charge in [0.2, 0.25) is 0 Å².